The van der Waals surface area contributed by atoms with Gasteiger partial charge in [0.15, 0.2) is 11.5 Å². The van der Waals surface area contributed by atoms with Gasteiger partial charge in [-0.05, 0) is 31.2 Å². The lowest BCUT2D eigenvalue weighted by Gasteiger charge is -2.12. The van der Waals surface area contributed by atoms with E-state index < -0.39 is 22.1 Å². The standard InChI is InChI=1S/C22H17F2N3O5S/c1-13-4-6-16(7-5-13)33(29,30)27-17-10-20-19(31-22(23,24)32-20)9-14(17)8-18(27)21(28)15(11-25)12-26(2)3/h4-10,12H,1-3H3/b15-12+. The molecular formula is C22H17F2N3O5S. The number of halogens is 2. The topological polar surface area (TPSA) is 102 Å². The van der Waals surface area contributed by atoms with Gasteiger partial charge in [0.1, 0.15) is 17.3 Å². The highest BCUT2D eigenvalue weighted by Gasteiger charge is 2.44. The molecule has 3 aromatic rings. The Morgan fingerprint density at radius 2 is 1.73 bits per heavy atom. The van der Waals surface area contributed by atoms with Crippen LogP contribution < -0.4 is 9.47 Å². The SMILES string of the molecule is Cc1ccc(S(=O)(=O)n2c(C(=O)/C(C#N)=C/N(C)C)cc3cc4c(cc32)OC(F)(F)O4)cc1. The molecule has 0 unspecified atom stereocenters. The molecule has 1 aliphatic heterocycles. The van der Waals surface area contributed by atoms with Gasteiger partial charge in [-0.15, -0.1) is 8.78 Å². The highest BCUT2D eigenvalue weighted by atomic mass is 32.2. The van der Waals surface area contributed by atoms with Gasteiger partial charge in [0.05, 0.1) is 10.4 Å². The van der Waals surface area contributed by atoms with Crippen molar-refractivity contribution in [1.29, 1.82) is 5.26 Å². The highest BCUT2D eigenvalue weighted by molar-refractivity contribution is 7.90. The van der Waals surface area contributed by atoms with Gasteiger partial charge in [-0.3, -0.25) is 4.79 Å². The number of ether oxygens (including phenoxy) is 2. The Bertz CT molecular complexity index is 1470. The summed E-state index contributed by atoms with van der Waals surface area (Å²) < 4.78 is 63.9. The number of hydrogen-bond acceptors (Lipinski definition) is 7. The van der Waals surface area contributed by atoms with E-state index in [9.17, 15) is 27.3 Å². The van der Waals surface area contributed by atoms with Gasteiger partial charge >= 0.3 is 6.29 Å². The van der Waals surface area contributed by atoms with Gasteiger partial charge < -0.3 is 14.4 Å². The van der Waals surface area contributed by atoms with Crippen LogP contribution in [0, 0.1) is 18.3 Å². The van der Waals surface area contributed by atoms with E-state index in [2.05, 4.69) is 9.47 Å². The van der Waals surface area contributed by atoms with E-state index in [-0.39, 0.29) is 38.6 Å². The van der Waals surface area contributed by atoms with E-state index in [0.29, 0.717) is 0 Å². The molecule has 8 nitrogen and oxygen atoms in total. The summed E-state index contributed by atoms with van der Waals surface area (Å²) in [5.41, 5.74) is 0.0837. The number of benzene rings is 2. The lowest BCUT2D eigenvalue weighted by molar-refractivity contribution is -0.286. The first-order chi connectivity index (χ1) is 15.4. The van der Waals surface area contributed by atoms with Crippen molar-refractivity contribution in [2.45, 2.75) is 18.1 Å². The van der Waals surface area contributed by atoms with Crippen molar-refractivity contribution in [3.8, 4) is 17.6 Å². The first-order valence-electron chi connectivity index (χ1n) is 9.53. The van der Waals surface area contributed by atoms with Gasteiger partial charge in [-0.25, -0.2) is 12.4 Å². The summed E-state index contributed by atoms with van der Waals surface area (Å²) in [5.74, 6) is -1.54. The quantitative estimate of drug-likeness (QED) is 0.317. The predicted octanol–water partition coefficient (Wildman–Crippen LogP) is 3.66. The second-order valence-corrected chi connectivity index (χ2v) is 9.37. The number of fused-ring (bicyclic) bond motifs is 2. The van der Waals surface area contributed by atoms with E-state index in [1.54, 1.807) is 39.2 Å². The minimum atomic E-state index is -4.37. The molecule has 0 bridgehead atoms. The van der Waals surface area contributed by atoms with Crippen LogP contribution in [0.3, 0.4) is 0 Å². The largest absolute Gasteiger partial charge is 0.586 e. The van der Waals surface area contributed by atoms with Crippen molar-refractivity contribution in [1.82, 2.24) is 8.87 Å². The monoisotopic (exact) mass is 473 g/mol. The molecule has 1 aliphatic rings. The zero-order chi connectivity index (χ0) is 24.1. The Kier molecular flexibility index (Phi) is 5.13. The van der Waals surface area contributed by atoms with Gasteiger partial charge in [-0.2, -0.15) is 5.26 Å². The Morgan fingerprint density at radius 3 is 2.30 bits per heavy atom. The van der Waals surface area contributed by atoms with Crippen molar-refractivity contribution < 1.29 is 31.5 Å². The number of nitrogens with zero attached hydrogens (tertiary/aromatic N) is 3. The Morgan fingerprint density at radius 1 is 1.12 bits per heavy atom. The fourth-order valence-corrected chi connectivity index (χ4v) is 4.90. The molecule has 2 heterocycles. The third kappa shape index (κ3) is 3.89. The van der Waals surface area contributed by atoms with Gasteiger partial charge in [0, 0.05) is 31.7 Å². The smallest absolute Gasteiger partial charge is 0.395 e. The molecule has 0 saturated heterocycles. The number of carbonyl (C=O) groups excluding carboxylic acids is 1. The maximum atomic E-state index is 13.6. The molecule has 170 valence electrons. The van der Waals surface area contributed by atoms with Crippen molar-refractivity contribution in [2.75, 3.05) is 14.1 Å². The van der Waals surface area contributed by atoms with Crippen LogP contribution in [0.5, 0.6) is 11.5 Å². The first-order valence-corrected chi connectivity index (χ1v) is 11.0. The molecule has 0 fully saturated rings. The molecule has 11 heteroatoms. The molecule has 0 radical (unpaired) electrons. The molecule has 4 rings (SSSR count). The summed E-state index contributed by atoms with van der Waals surface area (Å²) >= 11 is 0. The summed E-state index contributed by atoms with van der Waals surface area (Å²) in [6.07, 6.45) is -2.64. The van der Waals surface area contributed by atoms with Crippen molar-refractivity contribution in [3.05, 3.63) is 65.5 Å². The van der Waals surface area contributed by atoms with Crippen LogP contribution in [0.15, 0.2) is 59.1 Å². The van der Waals surface area contributed by atoms with Gasteiger partial charge in [0.25, 0.3) is 10.0 Å². The van der Waals surface area contributed by atoms with Crippen LogP contribution in [0.4, 0.5) is 8.78 Å². The normalized spacial score (nSPS) is 14.8. The highest BCUT2D eigenvalue weighted by Crippen LogP contribution is 2.44. The zero-order valence-corrected chi connectivity index (χ0v) is 18.5. The van der Waals surface area contributed by atoms with Gasteiger partial charge in [0.2, 0.25) is 5.78 Å². The molecule has 0 amide bonds. The summed E-state index contributed by atoms with van der Waals surface area (Å²) in [4.78, 5) is 14.5. The number of alkyl halides is 2. The lowest BCUT2D eigenvalue weighted by atomic mass is 10.1. The number of carbonyl (C=O) groups is 1. The lowest BCUT2D eigenvalue weighted by Crippen LogP contribution is -2.26. The summed E-state index contributed by atoms with van der Waals surface area (Å²) in [5, 5.41) is 9.60. The van der Waals surface area contributed by atoms with Crippen molar-refractivity contribution >= 4 is 26.7 Å². The number of aromatic nitrogens is 1. The summed E-state index contributed by atoms with van der Waals surface area (Å²) in [6.45, 7) is 1.78. The van der Waals surface area contributed by atoms with Crippen LogP contribution in [0.25, 0.3) is 10.9 Å². The van der Waals surface area contributed by atoms with E-state index in [0.717, 1.165) is 21.7 Å². The maximum absolute atomic E-state index is 13.6. The number of nitriles is 1. The van der Waals surface area contributed by atoms with Crippen LogP contribution in [-0.2, 0) is 10.0 Å². The van der Waals surface area contributed by atoms with Crippen LogP contribution in [0.2, 0.25) is 0 Å². The van der Waals surface area contributed by atoms with E-state index in [4.69, 9.17) is 0 Å². The molecule has 0 saturated carbocycles. The molecule has 0 atom stereocenters. The van der Waals surface area contributed by atoms with E-state index >= 15 is 0 Å². The molecule has 0 N–H and O–H groups in total. The van der Waals surface area contributed by atoms with E-state index in [1.807, 2.05) is 0 Å². The number of rotatable bonds is 5. The van der Waals surface area contributed by atoms with Crippen LogP contribution in [-0.4, -0.2) is 43.5 Å². The van der Waals surface area contributed by atoms with Crippen molar-refractivity contribution in [3.63, 3.8) is 0 Å². The minimum Gasteiger partial charge on any atom is -0.395 e. The summed E-state index contributed by atoms with van der Waals surface area (Å²) in [6, 6.07) is 11.1. The number of hydrogen-bond donors (Lipinski definition) is 0. The van der Waals surface area contributed by atoms with Crippen LogP contribution in [0.1, 0.15) is 16.1 Å². The Hall–Kier alpha value is -3.91. The average molecular weight is 473 g/mol. The van der Waals surface area contributed by atoms with Crippen LogP contribution >= 0.6 is 0 Å². The van der Waals surface area contributed by atoms with Crippen molar-refractivity contribution in [2.24, 2.45) is 0 Å². The average Bonchev–Trinajstić information content (AvgIpc) is 3.24. The second-order valence-electron chi connectivity index (χ2n) is 7.58. The number of ketones is 1. The fraction of sp³-hybridized carbons (Fsp3) is 0.182. The number of allylic oxidation sites excluding steroid dienone is 1. The zero-order valence-electron chi connectivity index (χ0n) is 17.7. The number of aryl methyl sites for hydroxylation is 1. The number of Topliss-reactive ketones (excluding diaryl/α,β-unsaturated/α-hetero) is 1. The Labute approximate surface area is 187 Å². The molecular weight excluding hydrogens is 456 g/mol. The third-order valence-corrected chi connectivity index (χ3v) is 6.57. The molecule has 0 aliphatic carbocycles. The predicted molar refractivity (Wildman–Crippen MR) is 114 cm³/mol. The molecule has 0 spiro atoms. The molecule has 1 aromatic heterocycles. The van der Waals surface area contributed by atoms with Gasteiger partial charge in [-0.1, -0.05) is 17.7 Å². The fourth-order valence-electron chi connectivity index (χ4n) is 3.40. The first kappa shape index (κ1) is 22.3. The third-order valence-electron chi connectivity index (χ3n) is 4.82. The second kappa shape index (κ2) is 7.60. The van der Waals surface area contributed by atoms with E-state index in [1.165, 1.54) is 29.3 Å². The molecule has 33 heavy (non-hydrogen) atoms. The Balaban J connectivity index is 2.01. The molecule has 2 aromatic carbocycles. The maximum Gasteiger partial charge on any atom is 0.586 e. The summed E-state index contributed by atoms with van der Waals surface area (Å²) in [7, 11) is -1.17. The minimum absolute atomic E-state index is 0.0823.